The van der Waals surface area contributed by atoms with Crippen molar-refractivity contribution in [3.05, 3.63) is 59.9 Å². The average molecular weight is 297 g/mol. The Kier molecular flexibility index (Phi) is 5.70. The fourth-order valence-electron chi connectivity index (χ4n) is 2.37. The third-order valence-electron chi connectivity index (χ3n) is 3.69. The van der Waals surface area contributed by atoms with E-state index in [9.17, 15) is 4.79 Å². The quantitative estimate of drug-likeness (QED) is 0.810. The van der Waals surface area contributed by atoms with Gasteiger partial charge in [0.2, 0.25) is 6.54 Å². The van der Waals surface area contributed by atoms with Gasteiger partial charge in [-0.1, -0.05) is 39.3 Å². The minimum atomic E-state index is -0.00876. The third kappa shape index (κ3) is 4.69. The third-order valence-corrected chi connectivity index (χ3v) is 3.69. The smallest absolute Gasteiger partial charge is 0.290 e. The Morgan fingerprint density at radius 3 is 2.27 bits per heavy atom. The summed E-state index contributed by atoms with van der Waals surface area (Å²) < 4.78 is 1.90. The number of carbonyl (C=O) groups excluding carboxylic acids is 1. The largest absolute Gasteiger partial charge is 0.321 e. The Morgan fingerprint density at radius 1 is 1.09 bits per heavy atom. The van der Waals surface area contributed by atoms with Gasteiger partial charge >= 0.3 is 0 Å². The minimum absolute atomic E-state index is 0.00876. The number of hydrogen-bond acceptors (Lipinski definition) is 1. The van der Waals surface area contributed by atoms with Gasteiger partial charge in [0.15, 0.2) is 12.4 Å². The van der Waals surface area contributed by atoms with Crippen LogP contribution in [0.3, 0.4) is 0 Å². The number of aryl methyl sites for hydroxylation is 1. The first-order valence-corrected chi connectivity index (χ1v) is 7.96. The summed E-state index contributed by atoms with van der Waals surface area (Å²) in [5.74, 6) is 0.493. The zero-order valence-corrected chi connectivity index (χ0v) is 13.7. The van der Waals surface area contributed by atoms with Crippen LogP contribution in [0.5, 0.6) is 0 Å². The number of benzene rings is 1. The second-order valence-corrected chi connectivity index (χ2v) is 5.95. The maximum Gasteiger partial charge on any atom is 0.290 e. The van der Waals surface area contributed by atoms with Crippen molar-refractivity contribution in [2.45, 2.75) is 46.1 Å². The van der Waals surface area contributed by atoms with E-state index in [2.05, 4.69) is 50.4 Å². The number of amides is 1. The molecule has 1 N–H and O–H groups in total. The van der Waals surface area contributed by atoms with Crippen LogP contribution >= 0.6 is 0 Å². The highest BCUT2D eigenvalue weighted by molar-refractivity contribution is 5.89. The van der Waals surface area contributed by atoms with Crippen molar-refractivity contribution >= 4 is 11.6 Å². The number of aromatic nitrogens is 1. The van der Waals surface area contributed by atoms with E-state index in [4.69, 9.17) is 0 Å². The molecule has 0 radical (unpaired) electrons. The van der Waals surface area contributed by atoms with Gasteiger partial charge < -0.3 is 5.32 Å². The van der Waals surface area contributed by atoms with Crippen LogP contribution in [-0.2, 0) is 17.8 Å². The first-order valence-electron chi connectivity index (χ1n) is 7.96. The maximum absolute atomic E-state index is 12.1. The molecule has 0 saturated heterocycles. The molecular formula is C19H25N2O+. The molecule has 3 heteroatoms. The van der Waals surface area contributed by atoms with Crippen molar-refractivity contribution in [3.63, 3.8) is 0 Å². The van der Waals surface area contributed by atoms with Gasteiger partial charge in [-0.15, -0.1) is 0 Å². The number of pyridine rings is 1. The zero-order chi connectivity index (χ0) is 15.9. The van der Waals surface area contributed by atoms with Crippen LogP contribution in [0, 0.1) is 0 Å². The lowest BCUT2D eigenvalue weighted by atomic mass is 10.0. The highest BCUT2D eigenvalue weighted by Gasteiger charge is 2.09. The number of carbonyl (C=O) groups is 1. The molecule has 0 spiro atoms. The van der Waals surface area contributed by atoms with Crippen molar-refractivity contribution in [3.8, 4) is 0 Å². The summed E-state index contributed by atoms with van der Waals surface area (Å²) in [6, 6.07) is 12.2. The molecular weight excluding hydrogens is 272 g/mol. The Bertz CT molecular complexity index is 600. The topological polar surface area (TPSA) is 33.0 Å². The molecule has 1 heterocycles. The SMILES string of the molecule is CCCc1cc[n+](CC(=O)Nc2ccc(C(C)C)cc2)cc1. The summed E-state index contributed by atoms with van der Waals surface area (Å²) in [6.07, 6.45) is 6.14. The lowest BCUT2D eigenvalue weighted by Gasteiger charge is -2.07. The van der Waals surface area contributed by atoms with Gasteiger partial charge in [0.1, 0.15) is 0 Å². The van der Waals surface area contributed by atoms with Crippen LogP contribution in [0.1, 0.15) is 44.2 Å². The van der Waals surface area contributed by atoms with Gasteiger partial charge in [0.25, 0.3) is 5.91 Å². The first kappa shape index (κ1) is 16.2. The van der Waals surface area contributed by atoms with Gasteiger partial charge in [0, 0.05) is 17.8 Å². The molecule has 116 valence electrons. The molecule has 0 aliphatic rings. The number of hydrogen-bond donors (Lipinski definition) is 1. The second kappa shape index (κ2) is 7.74. The average Bonchev–Trinajstić information content (AvgIpc) is 2.50. The van der Waals surface area contributed by atoms with E-state index in [1.54, 1.807) is 0 Å². The number of nitrogens with one attached hydrogen (secondary N) is 1. The predicted octanol–water partition coefficient (Wildman–Crippen LogP) is 3.69. The van der Waals surface area contributed by atoms with Gasteiger partial charge in [0.05, 0.1) is 0 Å². The van der Waals surface area contributed by atoms with Crippen LogP contribution in [-0.4, -0.2) is 5.91 Å². The lowest BCUT2D eigenvalue weighted by molar-refractivity contribution is -0.684. The number of anilines is 1. The molecule has 0 aliphatic carbocycles. The molecule has 2 rings (SSSR count). The van der Waals surface area contributed by atoms with Crippen molar-refractivity contribution in [1.82, 2.24) is 0 Å². The lowest BCUT2D eigenvalue weighted by Crippen LogP contribution is -2.39. The second-order valence-electron chi connectivity index (χ2n) is 5.95. The summed E-state index contributed by atoms with van der Waals surface area (Å²) in [4.78, 5) is 12.1. The van der Waals surface area contributed by atoms with Gasteiger partial charge in [-0.2, -0.15) is 4.57 Å². The van der Waals surface area contributed by atoms with Gasteiger partial charge in [-0.25, -0.2) is 0 Å². The van der Waals surface area contributed by atoms with E-state index >= 15 is 0 Å². The highest BCUT2D eigenvalue weighted by atomic mass is 16.1. The summed E-state index contributed by atoms with van der Waals surface area (Å²) in [5.41, 5.74) is 3.43. The van der Waals surface area contributed by atoms with Crippen LogP contribution in [0.4, 0.5) is 5.69 Å². The molecule has 0 atom stereocenters. The van der Waals surface area contributed by atoms with E-state index in [1.807, 2.05) is 29.1 Å². The standard InChI is InChI=1S/C19H24N2O/c1-4-5-16-10-12-21(13-11-16)14-19(22)20-18-8-6-17(7-9-18)15(2)3/h6-13,15H,4-5,14H2,1-3H3/p+1. The first-order chi connectivity index (χ1) is 10.6. The zero-order valence-electron chi connectivity index (χ0n) is 13.7. The summed E-state index contributed by atoms with van der Waals surface area (Å²) in [6.45, 7) is 6.82. The van der Waals surface area contributed by atoms with Crippen LogP contribution in [0.2, 0.25) is 0 Å². The fourth-order valence-corrected chi connectivity index (χ4v) is 2.37. The van der Waals surface area contributed by atoms with E-state index in [0.717, 1.165) is 18.5 Å². The van der Waals surface area contributed by atoms with E-state index in [0.29, 0.717) is 12.5 Å². The van der Waals surface area contributed by atoms with Crippen molar-refractivity contribution in [1.29, 1.82) is 0 Å². The Labute approximate surface area is 133 Å². The summed E-state index contributed by atoms with van der Waals surface area (Å²) >= 11 is 0. The molecule has 22 heavy (non-hydrogen) atoms. The Morgan fingerprint density at radius 2 is 1.73 bits per heavy atom. The molecule has 2 aromatic rings. The summed E-state index contributed by atoms with van der Waals surface area (Å²) in [5, 5.41) is 2.94. The monoisotopic (exact) mass is 297 g/mol. The van der Waals surface area contributed by atoms with Gasteiger partial charge in [-0.3, -0.25) is 4.79 Å². The van der Waals surface area contributed by atoms with Crippen LogP contribution in [0.25, 0.3) is 0 Å². The van der Waals surface area contributed by atoms with E-state index < -0.39 is 0 Å². The van der Waals surface area contributed by atoms with Gasteiger partial charge in [-0.05, 0) is 35.6 Å². The molecule has 3 nitrogen and oxygen atoms in total. The van der Waals surface area contributed by atoms with E-state index in [1.165, 1.54) is 11.1 Å². The minimum Gasteiger partial charge on any atom is -0.321 e. The molecule has 0 saturated carbocycles. The molecule has 1 aromatic carbocycles. The normalized spacial score (nSPS) is 10.7. The number of nitrogens with zero attached hydrogens (tertiary/aromatic N) is 1. The molecule has 0 fully saturated rings. The van der Waals surface area contributed by atoms with Crippen LogP contribution in [0.15, 0.2) is 48.8 Å². The molecule has 0 bridgehead atoms. The van der Waals surface area contributed by atoms with Crippen molar-refractivity contribution < 1.29 is 9.36 Å². The maximum atomic E-state index is 12.1. The number of rotatable bonds is 6. The van der Waals surface area contributed by atoms with Crippen molar-refractivity contribution in [2.24, 2.45) is 0 Å². The predicted molar refractivity (Wildman–Crippen MR) is 89.8 cm³/mol. The molecule has 1 aromatic heterocycles. The van der Waals surface area contributed by atoms with Crippen LogP contribution < -0.4 is 9.88 Å². The Balaban J connectivity index is 1.91. The molecule has 0 unspecified atom stereocenters. The van der Waals surface area contributed by atoms with Crippen molar-refractivity contribution in [2.75, 3.05) is 5.32 Å². The molecule has 1 amide bonds. The summed E-state index contributed by atoms with van der Waals surface area (Å²) in [7, 11) is 0. The highest BCUT2D eigenvalue weighted by Crippen LogP contribution is 2.16. The molecule has 0 aliphatic heterocycles. The van der Waals surface area contributed by atoms with E-state index in [-0.39, 0.29) is 5.91 Å². The Hall–Kier alpha value is -2.16. The fraction of sp³-hybridized carbons (Fsp3) is 0.368.